The van der Waals surface area contributed by atoms with Crippen LogP contribution >= 0.6 is 12.4 Å². The predicted octanol–water partition coefficient (Wildman–Crippen LogP) is 3.30. The van der Waals surface area contributed by atoms with Crippen LogP contribution in [0.25, 0.3) is 0 Å². The van der Waals surface area contributed by atoms with Gasteiger partial charge in [0.25, 0.3) is 0 Å². The van der Waals surface area contributed by atoms with E-state index in [4.69, 9.17) is 10.5 Å². The summed E-state index contributed by atoms with van der Waals surface area (Å²) in [5, 5.41) is 0. The minimum Gasteiger partial charge on any atom is -0.466 e. The highest BCUT2D eigenvalue weighted by Gasteiger charge is 2.43. The van der Waals surface area contributed by atoms with Crippen LogP contribution in [0.2, 0.25) is 0 Å². The van der Waals surface area contributed by atoms with Crippen molar-refractivity contribution in [1.82, 2.24) is 0 Å². The molecule has 22 heavy (non-hydrogen) atoms. The zero-order valence-electron chi connectivity index (χ0n) is 11.6. The summed E-state index contributed by atoms with van der Waals surface area (Å²) in [5.41, 5.74) is 6.21. The van der Waals surface area contributed by atoms with Gasteiger partial charge < -0.3 is 15.2 Å². The third-order valence-corrected chi connectivity index (χ3v) is 2.51. The molecule has 0 saturated heterocycles. The van der Waals surface area contributed by atoms with E-state index < -0.39 is 30.3 Å². The number of hydrogen-bond donors (Lipinski definition) is 1. The molecule has 9 heteroatoms. The summed E-state index contributed by atoms with van der Waals surface area (Å²) in [6.07, 6.45) is -8.57. The molecule has 1 atom stereocenters. The van der Waals surface area contributed by atoms with E-state index in [0.717, 1.165) is 12.1 Å². The number of carbonyl (C=O) groups is 1. The van der Waals surface area contributed by atoms with E-state index in [2.05, 4.69) is 4.74 Å². The smallest absolute Gasteiger partial charge is 0.461 e. The molecule has 126 valence electrons. The maximum atomic E-state index is 12.7. The highest BCUT2D eigenvalue weighted by Crippen LogP contribution is 2.28. The van der Waals surface area contributed by atoms with Crippen LogP contribution in [0.4, 0.5) is 17.6 Å². The molecule has 1 aromatic rings. The molecule has 1 aromatic carbocycles. The van der Waals surface area contributed by atoms with E-state index >= 15 is 0 Å². The van der Waals surface area contributed by atoms with E-state index in [0.29, 0.717) is 5.56 Å². The molecular weight excluding hydrogens is 330 g/mol. The van der Waals surface area contributed by atoms with E-state index in [1.165, 1.54) is 12.1 Å². The number of hydrogen-bond acceptors (Lipinski definition) is 4. The Kier molecular flexibility index (Phi) is 8.18. The van der Waals surface area contributed by atoms with Crippen LogP contribution < -0.4 is 10.5 Å². The van der Waals surface area contributed by atoms with Gasteiger partial charge in [0.05, 0.1) is 13.0 Å². The second-order valence-electron chi connectivity index (χ2n) is 4.15. The normalized spacial score (nSPS) is 12.5. The molecule has 2 N–H and O–H groups in total. The predicted molar refractivity (Wildman–Crippen MR) is 73.4 cm³/mol. The average Bonchev–Trinajstić information content (AvgIpc) is 2.39. The second-order valence-corrected chi connectivity index (χ2v) is 4.15. The topological polar surface area (TPSA) is 61.5 Å². The highest BCUT2D eigenvalue weighted by molar-refractivity contribution is 5.85. The number of carbonyl (C=O) groups excluding carboxylic acids is 1. The fourth-order valence-corrected chi connectivity index (χ4v) is 1.50. The SMILES string of the molecule is CCOC(=O)C[C@@H](N)c1ccc(OC(F)(F)C(F)F)cc1.Cl. The van der Waals surface area contributed by atoms with E-state index in [-0.39, 0.29) is 25.4 Å². The lowest BCUT2D eigenvalue weighted by Crippen LogP contribution is -2.33. The monoisotopic (exact) mass is 345 g/mol. The molecule has 1 rings (SSSR count). The molecular formula is C13H16ClF4NO3. The number of benzene rings is 1. The van der Waals surface area contributed by atoms with Gasteiger partial charge in [-0.3, -0.25) is 4.79 Å². The van der Waals surface area contributed by atoms with Crippen LogP contribution in [0.1, 0.15) is 24.9 Å². The molecule has 0 aromatic heterocycles. The molecule has 0 fully saturated rings. The third kappa shape index (κ3) is 6.07. The van der Waals surface area contributed by atoms with Gasteiger partial charge in [-0.2, -0.15) is 17.6 Å². The summed E-state index contributed by atoms with van der Waals surface area (Å²) in [6.45, 7) is 1.87. The van der Waals surface area contributed by atoms with Crippen molar-refractivity contribution in [1.29, 1.82) is 0 Å². The van der Waals surface area contributed by atoms with Crippen molar-refractivity contribution in [3.63, 3.8) is 0 Å². The Labute approximate surface area is 131 Å². The Morgan fingerprint density at radius 1 is 1.27 bits per heavy atom. The molecule has 0 aliphatic rings. The first-order valence-corrected chi connectivity index (χ1v) is 6.12. The quantitative estimate of drug-likeness (QED) is 0.608. The molecule has 0 spiro atoms. The standard InChI is InChI=1S/C13H15F4NO3.ClH/c1-2-20-11(19)7-10(18)8-3-5-9(6-4-8)21-13(16,17)12(14)15;/h3-6,10,12H,2,7,18H2,1H3;1H/t10-;/m1./s1. The van der Waals surface area contributed by atoms with Gasteiger partial charge in [0, 0.05) is 6.04 Å². The number of nitrogens with two attached hydrogens (primary N) is 1. The van der Waals surface area contributed by atoms with E-state index in [9.17, 15) is 22.4 Å². The van der Waals surface area contributed by atoms with Gasteiger partial charge in [0.15, 0.2) is 0 Å². The lowest BCUT2D eigenvalue weighted by molar-refractivity contribution is -0.253. The van der Waals surface area contributed by atoms with Gasteiger partial charge in [-0.25, -0.2) is 0 Å². The lowest BCUT2D eigenvalue weighted by Gasteiger charge is -2.17. The van der Waals surface area contributed by atoms with Crippen molar-refractivity contribution in [3.8, 4) is 5.75 Å². The number of alkyl halides is 4. The zero-order chi connectivity index (χ0) is 16.0. The van der Waals surface area contributed by atoms with Crippen LogP contribution in [0.15, 0.2) is 24.3 Å². The first-order valence-electron chi connectivity index (χ1n) is 6.12. The zero-order valence-corrected chi connectivity index (χ0v) is 12.4. The van der Waals surface area contributed by atoms with E-state index in [1.54, 1.807) is 6.92 Å². The molecule has 0 bridgehead atoms. The van der Waals surface area contributed by atoms with Crippen molar-refractivity contribution in [2.45, 2.75) is 31.9 Å². The highest BCUT2D eigenvalue weighted by atomic mass is 35.5. The summed E-state index contributed by atoms with van der Waals surface area (Å²) >= 11 is 0. The Balaban J connectivity index is 0.00000441. The van der Waals surface area contributed by atoms with Crippen LogP contribution in [-0.4, -0.2) is 25.1 Å². The third-order valence-electron chi connectivity index (χ3n) is 2.51. The summed E-state index contributed by atoms with van der Waals surface area (Å²) in [4.78, 5) is 11.2. The van der Waals surface area contributed by atoms with Crippen LogP contribution in [0.3, 0.4) is 0 Å². The molecule has 0 unspecified atom stereocenters. The first-order chi connectivity index (χ1) is 9.76. The molecule has 0 amide bonds. The first kappa shape index (κ1) is 20.5. The van der Waals surface area contributed by atoms with Gasteiger partial charge in [0.1, 0.15) is 5.75 Å². The van der Waals surface area contributed by atoms with Crippen molar-refractivity contribution in [3.05, 3.63) is 29.8 Å². The Morgan fingerprint density at radius 2 is 1.82 bits per heavy atom. The lowest BCUT2D eigenvalue weighted by atomic mass is 10.0. The Bertz CT molecular complexity index is 471. The maximum Gasteiger partial charge on any atom is 0.461 e. The largest absolute Gasteiger partial charge is 0.466 e. The summed E-state index contributed by atoms with van der Waals surface area (Å²) in [6, 6.07) is 4.11. The van der Waals surface area contributed by atoms with Gasteiger partial charge in [-0.05, 0) is 24.6 Å². The fourth-order valence-electron chi connectivity index (χ4n) is 1.50. The van der Waals surface area contributed by atoms with Crippen molar-refractivity contribution < 1.29 is 31.8 Å². The van der Waals surface area contributed by atoms with Gasteiger partial charge in [-0.1, -0.05) is 12.1 Å². The second kappa shape index (κ2) is 8.79. The van der Waals surface area contributed by atoms with Gasteiger partial charge in [0.2, 0.25) is 0 Å². The summed E-state index contributed by atoms with van der Waals surface area (Å²) in [7, 11) is 0. The molecule has 4 nitrogen and oxygen atoms in total. The Hall–Kier alpha value is -1.54. The van der Waals surface area contributed by atoms with Gasteiger partial charge in [-0.15, -0.1) is 12.4 Å². The molecule has 0 radical (unpaired) electrons. The molecule has 0 aliphatic carbocycles. The van der Waals surface area contributed by atoms with Crippen LogP contribution in [-0.2, 0) is 9.53 Å². The van der Waals surface area contributed by atoms with Crippen molar-refractivity contribution in [2.75, 3.05) is 6.61 Å². The minimum atomic E-state index is -4.56. The molecule has 0 heterocycles. The summed E-state index contributed by atoms with van der Waals surface area (Å²) in [5.74, 6) is -0.915. The molecule has 0 saturated carbocycles. The fraction of sp³-hybridized carbons (Fsp3) is 0.462. The average molecular weight is 346 g/mol. The minimum absolute atomic E-state index is 0. The van der Waals surface area contributed by atoms with Crippen LogP contribution in [0, 0.1) is 0 Å². The maximum absolute atomic E-state index is 12.7. The van der Waals surface area contributed by atoms with E-state index in [1.807, 2.05) is 0 Å². The van der Waals surface area contributed by atoms with Gasteiger partial charge >= 0.3 is 18.5 Å². The Morgan fingerprint density at radius 3 is 2.27 bits per heavy atom. The number of esters is 1. The van der Waals surface area contributed by atoms with Crippen molar-refractivity contribution in [2.24, 2.45) is 5.73 Å². The van der Waals surface area contributed by atoms with Crippen molar-refractivity contribution >= 4 is 18.4 Å². The number of ether oxygens (including phenoxy) is 2. The summed E-state index contributed by atoms with van der Waals surface area (Å²) < 4.78 is 58.0. The number of halogens is 5. The number of rotatable bonds is 7. The van der Waals surface area contributed by atoms with Crippen LogP contribution in [0.5, 0.6) is 5.75 Å². The molecule has 0 aliphatic heterocycles.